The Kier molecular flexibility index (Phi) is 7.15. The van der Waals surface area contributed by atoms with E-state index in [1.165, 1.54) is 6.08 Å². The number of hydrogen-bond acceptors (Lipinski definition) is 6. The van der Waals surface area contributed by atoms with Crippen molar-refractivity contribution < 1.29 is 29.1 Å². The van der Waals surface area contributed by atoms with E-state index >= 15 is 0 Å². The molecule has 0 heterocycles. The number of carbonyl (C=O) groups excluding carboxylic acids is 3. The number of rotatable bonds is 5. The molecule has 0 aliphatic heterocycles. The van der Waals surface area contributed by atoms with E-state index in [1.54, 1.807) is 65.8 Å². The zero-order valence-corrected chi connectivity index (χ0v) is 17.5. The monoisotopic (exact) mass is 391 g/mol. The van der Waals surface area contributed by atoms with Crippen LogP contribution in [0.2, 0.25) is 0 Å². The Morgan fingerprint density at radius 3 is 1.86 bits per heavy atom. The normalized spacial score (nSPS) is 14.3. The fourth-order valence-corrected chi connectivity index (χ4v) is 2.05. The number of benzene rings is 1. The highest BCUT2D eigenvalue weighted by molar-refractivity contribution is 6.15. The first-order valence-electron chi connectivity index (χ1n) is 8.90. The summed E-state index contributed by atoms with van der Waals surface area (Å²) in [5.41, 5.74) is -3.48. The van der Waals surface area contributed by atoms with E-state index in [9.17, 15) is 19.6 Å². The number of hydroxylamine groups is 2. The zero-order valence-electron chi connectivity index (χ0n) is 17.5. The molecule has 1 unspecified atom stereocenters. The van der Waals surface area contributed by atoms with Gasteiger partial charge in [-0.1, -0.05) is 36.4 Å². The Morgan fingerprint density at radius 1 is 0.893 bits per heavy atom. The Hall–Kier alpha value is -2.67. The molecule has 154 valence electrons. The third-order valence-electron chi connectivity index (χ3n) is 3.49. The molecule has 0 aromatic heterocycles. The molecule has 0 aliphatic carbocycles. The van der Waals surface area contributed by atoms with E-state index in [1.807, 2.05) is 6.07 Å². The summed E-state index contributed by atoms with van der Waals surface area (Å²) < 4.78 is 10.4. The van der Waals surface area contributed by atoms with Crippen LogP contribution in [-0.4, -0.2) is 44.9 Å². The van der Waals surface area contributed by atoms with Gasteiger partial charge >= 0.3 is 12.1 Å². The SMILES string of the molecule is CC(C)(C)OC(=O)N(O)C(C)(C(=O)/C=C/c1ccccc1)C(=O)OC(C)(C)C. The minimum absolute atomic E-state index is 0.00993. The van der Waals surface area contributed by atoms with Gasteiger partial charge in [-0.2, -0.15) is 5.06 Å². The molecule has 1 N–H and O–H groups in total. The molecule has 1 rings (SSSR count). The van der Waals surface area contributed by atoms with Gasteiger partial charge in [-0.15, -0.1) is 0 Å². The second-order valence-corrected chi connectivity index (χ2v) is 8.47. The summed E-state index contributed by atoms with van der Waals surface area (Å²) >= 11 is 0. The largest absolute Gasteiger partial charge is 0.458 e. The van der Waals surface area contributed by atoms with Crippen LogP contribution in [0.5, 0.6) is 0 Å². The van der Waals surface area contributed by atoms with Crippen molar-refractivity contribution in [2.24, 2.45) is 0 Å². The lowest BCUT2D eigenvalue weighted by molar-refractivity contribution is -0.197. The van der Waals surface area contributed by atoms with E-state index in [0.717, 1.165) is 13.0 Å². The smallest absolute Gasteiger partial charge is 0.435 e. The fraction of sp³-hybridized carbons (Fsp3) is 0.476. The molecule has 7 nitrogen and oxygen atoms in total. The predicted molar refractivity (Wildman–Crippen MR) is 105 cm³/mol. The zero-order chi connectivity index (χ0) is 21.8. The predicted octanol–water partition coefficient (Wildman–Crippen LogP) is 4.00. The fourth-order valence-electron chi connectivity index (χ4n) is 2.05. The third kappa shape index (κ3) is 6.49. The summed E-state index contributed by atoms with van der Waals surface area (Å²) in [6.45, 7) is 10.8. The van der Waals surface area contributed by atoms with Crippen LogP contribution >= 0.6 is 0 Å². The minimum Gasteiger partial charge on any atom is -0.458 e. The molecular formula is C21H29NO6. The molecule has 1 aromatic rings. The first kappa shape index (κ1) is 23.4. The van der Waals surface area contributed by atoms with E-state index in [0.29, 0.717) is 5.56 Å². The van der Waals surface area contributed by atoms with Crippen LogP contribution in [-0.2, 0) is 19.1 Å². The van der Waals surface area contributed by atoms with Crippen molar-refractivity contribution in [3.05, 3.63) is 42.0 Å². The lowest BCUT2D eigenvalue weighted by Gasteiger charge is -2.35. The standard InChI is InChI=1S/C21H29NO6/c1-19(2,3)27-17(24)21(7,22(26)18(25)28-20(4,5)6)16(23)14-13-15-11-9-8-10-12-15/h8-14,26H,1-7H3/b14-13+. The van der Waals surface area contributed by atoms with Crippen LogP contribution in [0, 0.1) is 0 Å². The summed E-state index contributed by atoms with van der Waals surface area (Å²) in [5, 5.41) is 10.4. The Balaban J connectivity index is 3.26. The van der Waals surface area contributed by atoms with Crippen LogP contribution in [0.3, 0.4) is 0 Å². The molecule has 0 bridgehead atoms. The number of amides is 1. The maximum absolute atomic E-state index is 12.9. The molecule has 0 saturated carbocycles. The maximum atomic E-state index is 12.9. The van der Waals surface area contributed by atoms with Crippen molar-refractivity contribution in [1.29, 1.82) is 0 Å². The van der Waals surface area contributed by atoms with Crippen molar-refractivity contribution in [2.75, 3.05) is 0 Å². The summed E-state index contributed by atoms with van der Waals surface area (Å²) in [7, 11) is 0. The Labute approximate surface area is 165 Å². The molecule has 0 saturated heterocycles. The van der Waals surface area contributed by atoms with Crippen LogP contribution in [0.15, 0.2) is 36.4 Å². The number of esters is 1. The molecule has 1 atom stereocenters. The molecule has 0 fully saturated rings. The molecule has 28 heavy (non-hydrogen) atoms. The summed E-state index contributed by atoms with van der Waals surface area (Å²) in [5.74, 6) is -1.91. The molecule has 1 amide bonds. The Bertz CT molecular complexity index is 742. The molecule has 0 spiro atoms. The summed E-state index contributed by atoms with van der Waals surface area (Å²) in [6.07, 6.45) is 1.36. The first-order chi connectivity index (χ1) is 12.7. The average molecular weight is 391 g/mol. The van der Waals surface area contributed by atoms with Crippen LogP contribution in [0.4, 0.5) is 4.79 Å². The molecule has 0 radical (unpaired) electrons. The molecular weight excluding hydrogens is 362 g/mol. The average Bonchev–Trinajstić information content (AvgIpc) is 2.56. The van der Waals surface area contributed by atoms with Crippen molar-refractivity contribution in [1.82, 2.24) is 5.06 Å². The lowest BCUT2D eigenvalue weighted by Crippen LogP contribution is -2.60. The van der Waals surface area contributed by atoms with E-state index in [-0.39, 0.29) is 5.06 Å². The maximum Gasteiger partial charge on any atom is 0.435 e. The Morgan fingerprint density at radius 2 is 1.39 bits per heavy atom. The highest BCUT2D eigenvalue weighted by Gasteiger charge is 2.51. The number of ketones is 1. The van der Waals surface area contributed by atoms with Gasteiger partial charge in [0.25, 0.3) is 0 Å². The number of ether oxygens (including phenoxy) is 2. The van der Waals surface area contributed by atoms with Gasteiger partial charge in [0.15, 0.2) is 5.78 Å². The van der Waals surface area contributed by atoms with Crippen molar-refractivity contribution in [2.45, 2.75) is 65.2 Å². The van der Waals surface area contributed by atoms with Crippen LogP contribution < -0.4 is 0 Å². The summed E-state index contributed by atoms with van der Waals surface area (Å²) in [4.78, 5) is 38.0. The second kappa shape index (κ2) is 8.56. The van der Waals surface area contributed by atoms with Crippen molar-refractivity contribution >= 4 is 23.9 Å². The third-order valence-corrected chi connectivity index (χ3v) is 3.49. The highest BCUT2D eigenvalue weighted by atomic mass is 16.6. The van der Waals surface area contributed by atoms with Gasteiger partial charge in [0.05, 0.1) is 0 Å². The van der Waals surface area contributed by atoms with Gasteiger partial charge in [-0.25, -0.2) is 9.59 Å². The van der Waals surface area contributed by atoms with Crippen LogP contribution in [0.25, 0.3) is 6.08 Å². The van der Waals surface area contributed by atoms with Gasteiger partial charge in [-0.05, 0) is 60.1 Å². The van der Waals surface area contributed by atoms with Crippen molar-refractivity contribution in [3.8, 4) is 0 Å². The highest BCUT2D eigenvalue weighted by Crippen LogP contribution is 2.24. The van der Waals surface area contributed by atoms with Gasteiger partial charge in [0.1, 0.15) is 11.2 Å². The van der Waals surface area contributed by atoms with E-state index in [2.05, 4.69) is 0 Å². The quantitative estimate of drug-likeness (QED) is 0.268. The molecule has 0 aliphatic rings. The lowest BCUT2D eigenvalue weighted by atomic mass is 9.94. The van der Waals surface area contributed by atoms with Crippen molar-refractivity contribution in [3.63, 3.8) is 0 Å². The van der Waals surface area contributed by atoms with E-state index in [4.69, 9.17) is 9.47 Å². The topological polar surface area (TPSA) is 93.1 Å². The van der Waals surface area contributed by atoms with Gasteiger partial charge in [0, 0.05) is 0 Å². The number of nitrogens with zero attached hydrogens (tertiary/aromatic N) is 1. The number of carbonyl (C=O) groups is 3. The minimum atomic E-state index is -2.32. The van der Waals surface area contributed by atoms with Crippen LogP contribution in [0.1, 0.15) is 54.0 Å². The van der Waals surface area contributed by atoms with Gasteiger partial charge in [0.2, 0.25) is 5.54 Å². The molecule has 7 heteroatoms. The second-order valence-electron chi connectivity index (χ2n) is 8.47. The van der Waals surface area contributed by atoms with E-state index < -0.39 is 34.6 Å². The number of hydrogen-bond donors (Lipinski definition) is 1. The van der Waals surface area contributed by atoms with Gasteiger partial charge in [-0.3, -0.25) is 10.0 Å². The van der Waals surface area contributed by atoms with Gasteiger partial charge < -0.3 is 9.47 Å². The summed E-state index contributed by atoms with van der Waals surface area (Å²) in [6, 6.07) is 8.92. The first-order valence-corrected chi connectivity index (χ1v) is 8.90. The molecule has 1 aromatic carbocycles.